The average molecular weight is 290 g/mol. The fraction of sp³-hybridized carbons (Fsp3) is 0.647. The summed E-state index contributed by atoms with van der Waals surface area (Å²) < 4.78 is 5.35. The number of aliphatic hydroxyl groups excluding tert-OH is 1. The fourth-order valence-electron chi connectivity index (χ4n) is 3.59. The van der Waals surface area contributed by atoms with Crippen molar-refractivity contribution in [3.05, 3.63) is 35.4 Å². The molecule has 0 radical (unpaired) electrons. The summed E-state index contributed by atoms with van der Waals surface area (Å²) in [5.41, 5.74) is 2.91. The Bertz CT molecular complexity index is 460. The molecular formula is C17H26N2O2. The summed E-state index contributed by atoms with van der Waals surface area (Å²) in [5.74, 6) is 0. The summed E-state index contributed by atoms with van der Waals surface area (Å²) in [5, 5.41) is 10.4. The Kier molecular flexibility index (Phi) is 4.91. The van der Waals surface area contributed by atoms with Crippen LogP contribution in [0.1, 0.15) is 23.6 Å². The molecule has 1 fully saturated rings. The molecule has 0 saturated carbocycles. The van der Waals surface area contributed by atoms with Crippen LogP contribution in [0.2, 0.25) is 0 Å². The number of fused-ring (bicyclic) bond motifs is 1. The van der Waals surface area contributed by atoms with Crippen LogP contribution in [0.15, 0.2) is 24.3 Å². The lowest BCUT2D eigenvalue weighted by Crippen LogP contribution is -2.44. The van der Waals surface area contributed by atoms with Crippen molar-refractivity contribution in [2.24, 2.45) is 0 Å². The molecule has 0 bridgehead atoms. The predicted octanol–water partition coefficient (Wildman–Crippen LogP) is 1.30. The van der Waals surface area contributed by atoms with Gasteiger partial charge in [0.2, 0.25) is 0 Å². The van der Waals surface area contributed by atoms with Gasteiger partial charge in [-0.2, -0.15) is 0 Å². The molecule has 2 atom stereocenters. The molecule has 4 heteroatoms. The van der Waals surface area contributed by atoms with E-state index in [0.29, 0.717) is 6.04 Å². The zero-order valence-corrected chi connectivity index (χ0v) is 12.9. The molecule has 0 amide bonds. The molecule has 1 heterocycles. The van der Waals surface area contributed by atoms with Crippen molar-refractivity contribution in [1.82, 2.24) is 9.80 Å². The summed E-state index contributed by atoms with van der Waals surface area (Å²) in [6, 6.07) is 9.16. The first-order valence-corrected chi connectivity index (χ1v) is 8.00. The summed E-state index contributed by atoms with van der Waals surface area (Å²) in [6.07, 6.45) is 2.03. The molecule has 2 aliphatic rings. The lowest BCUT2D eigenvalue weighted by atomic mass is 10.1. The fourth-order valence-corrected chi connectivity index (χ4v) is 3.59. The lowest BCUT2D eigenvalue weighted by molar-refractivity contribution is 0.00574. The van der Waals surface area contributed by atoms with Crippen LogP contribution >= 0.6 is 0 Å². The number of morpholine rings is 1. The van der Waals surface area contributed by atoms with Crippen LogP contribution in [0.5, 0.6) is 0 Å². The van der Waals surface area contributed by atoms with Gasteiger partial charge < -0.3 is 9.84 Å². The van der Waals surface area contributed by atoms with Gasteiger partial charge in [-0.15, -0.1) is 0 Å². The van der Waals surface area contributed by atoms with Crippen molar-refractivity contribution in [2.75, 3.05) is 46.4 Å². The SMILES string of the molecule is CN(CC(O)CN1CCOCC1)C1CCc2ccccc21. The number of benzene rings is 1. The number of rotatable bonds is 5. The Morgan fingerprint density at radius 2 is 2.10 bits per heavy atom. The van der Waals surface area contributed by atoms with Gasteiger partial charge in [-0.1, -0.05) is 24.3 Å². The van der Waals surface area contributed by atoms with Crippen LogP contribution in [0, 0.1) is 0 Å². The van der Waals surface area contributed by atoms with Gasteiger partial charge in [0.15, 0.2) is 0 Å². The van der Waals surface area contributed by atoms with Gasteiger partial charge >= 0.3 is 0 Å². The van der Waals surface area contributed by atoms with Crippen LogP contribution < -0.4 is 0 Å². The molecule has 1 aliphatic heterocycles. The maximum atomic E-state index is 10.4. The van der Waals surface area contributed by atoms with E-state index in [0.717, 1.165) is 45.8 Å². The second kappa shape index (κ2) is 6.88. The molecule has 0 aromatic heterocycles. The van der Waals surface area contributed by atoms with Crippen molar-refractivity contribution < 1.29 is 9.84 Å². The molecule has 2 unspecified atom stereocenters. The molecule has 3 rings (SSSR count). The molecule has 1 aromatic rings. The molecule has 0 spiro atoms. The Balaban J connectivity index is 1.53. The zero-order chi connectivity index (χ0) is 14.7. The Morgan fingerprint density at radius 3 is 2.90 bits per heavy atom. The minimum atomic E-state index is -0.291. The quantitative estimate of drug-likeness (QED) is 0.887. The maximum Gasteiger partial charge on any atom is 0.0793 e. The number of β-amino-alcohol motifs (C(OH)–C–C–N with tert-alkyl or cyclic N) is 1. The minimum Gasteiger partial charge on any atom is -0.390 e. The highest BCUT2D eigenvalue weighted by Gasteiger charge is 2.27. The number of likely N-dealkylation sites (N-methyl/N-ethyl adjacent to an activating group) is 1. The zero-order valence-electron chi connectivity index (χ0n) is 12.9. The number of hydrogen-bond acceptors (Lipinski definition) is 4. The van der Waals surface area contributed by atoms with E-state index in [2.05, 4.69) is 41.1 Å². The van der Waals surface area contributed by atoms with Gasteiger partial charge in [0, 0.05) is 32.2 Å². The van der Waals surface area contributed by atoms with Gasteiger partial charge in [-0.05, 0) is 31.0 Å². The summed E-state index contributed by atoms with van der Waals surface area (Å²) in [4.78, 5) is 4.61. The van der Waals surface area contributed by atoms with E-state index in [1.807, 2.05) is 0 Å². The molecule has 4 nitrogen and oxygen atoms in total. The van der Waals surface area contributed by atoms with Crippen molar-refractivity contribution in [3.8, 4) is 0 Å². The number of nitrogens with zero attached hydrogens (tertiary/aromatic N) is 2. The molecule has 1 N–H and O–H groups in total. The third-order valence-electron chi connectivity index (χ3n) is 4.70. The van der Waals surface area contributed by atoms with Crippen LogP contribution in [0.4, 0.5) is 0 Å². The smallest absolute Gasteiger partial charge is 0.0793 e. The highest BCUT2D eigenvalue weighted by molar-refractivity contribution is 5.34. The first-order chi connectivity index (χ1) is 10.2. The first kappa shape index (κ1) is 15.0. The second-order valence-electron chi connectivity index (χ2n) is 6.26. The molecule has 116 valence electrons. The van der Waals surface area contributed by atoms with Gasteiger partial charge in [0.25, 0.3) is 0 Å². The predicted molar refractivity (Wildman–Crippen MR) is 83.4 cm³/mol. The molecule has 1 aliphatic carbocycles. The van der Waals surface area contributed by atoms with E-state index < -0.39 is 0 Å². The normalized spacial score (nSPS) is 24.2. The van der Waals surface area contributed by atoms with Gasteiger partial charge in [0.1, 0.15) is 0 Å². The van der Waals surface area contributed by atoms with Crippen molar-refractivity contribution >= 4 is 0 Å². The van der Waals surface area contributed by atoms with Crippen LogP contribution in [0.3, 0.4) is 0 Å². The van der Waals surface area contributed by atoms with Crippen LogP contribution in [0.25, 0.3) is 0 Å². The molecule has 21 heavy (non-hydrogen) atoms. The summed E-state index contributed by atoms with van der Waals surface area (Å²) in [7, 11) is 2.13. The van der Waals surface area contributed by atoms with Crippen molar-refractivity contribution in [3.63, 3.8) is 0 Å². The van der Waals surface area contributed by atoms with E-state index in [1.54, 1.807) is 0 Å². The highest BCUT2D eigenvalue weighted by Crippen LogP contribution is 2.34. The number of aliphatic hydroxyl groups is 1. The second-order valence-corrected chi connectivity index (χ2v) is 6.26. The van der Waals surface area contributed by atoms with E-state index in [4.69, 9.17) is 4.74 Å². The van der Waals surface area contributed by atoms with E-state index in [-0.39, 0.29) is 6.10 Å². The monoisotopic (exact) mass is 290 g/mol. The number of hydrogen-bond donors (Lipinski definition) is 1. The lowest BCUT2D eigenvalue weighted by Gasteiger charge is -2.32. The first-order valence-electron chi connectivity index (χ1n) is 8.00. The van der Waals surface area contributed by atoms with E-state index in [9.17, 15) is 5.11 Å². The van der Waals surface area contributed by atoms with Gasteiger partial charge in [0.05, 0.1) is 19.3 Å². The van der Waals surface area contributed by atoms with Crippen LogP contribution in [-0.2, 0) is 11.2 Å². The average Bonchev–Trinajstić information content (AvgIpc) is 2.92. The van der Waals surface area contributed by atoms with Gasteiger partial charge in [-0.3, -0.25) is 9.80 Å². The maximum absolute atomic E-state index is 10.4. The van der Waals surface area contributed by atoms with Gasteiger partial charge in [-0.25, -0.2) is 0 Å². The van der Waals surface area contributed by atoms with Crippen molar-refractivity contribution in [2.45, 2.75) is 25.0 Å². The third kappa shape index (κ3) is 3.64. The van der Waals surface area contributed by atoms with E-state index >= 15 is 0 Å². The number of ether oxygens (including phenoxy) is 1. The van der Waals surface area contributed by atoms with E-state index in [1.165, 1.54) is 17.5 Å². The topological polar surface area (TPSA) is 35.9 Å². The Hall–Kier alpha value is -0.940. The van der Waals surface area contributed by atoms with Crippen LogP contribution in [-0.4, -0.2) is 67.5 Å². The number of aryl methyl sites for hydroxylation is 1. The van der Waals surface area contributed by atoms with Crippen molar-refractivity contribution in [1.29, 1.82) is 0 Å². The largest absolute Gasteiger partial charge is 0.390 e. The Labute approximate surface area is 127 Å². The summed E-state index contributed by atoms with van der Waals surface area (Å²) >= 11 is 0. The molecule has 1 saturated heterocycles. The third-order valence-corrected chi connectivity index (χ3v) is 4.70. The molecule has 1 aromatic carbocycles. The molecular weight excluding hydrogens is 264 g/mol. The summed E-state index contributed by atoms with van der Waals surface area (Å²) in [6.45, 7) is 4.94. The highest BCUT2D eigenvalue weighted by atomic mass is 16.5. The standard InChI is InChI=1S/C17H26N2O2/c1-18(12-15(20)13-19-8-10-21-11-9-19)17-7-6-14-4-2-3-5-16(14)17/h2-5,15,17,20H,6-13H2,1H3. The Morgan fingerprint density at radius 1 is 1.33 bits per heavy atom. The minimum absolute atomic E-state index is 0.291.